The Balaban J connectivity index is 1.99. The third-order valence-corrected chi connectivity index (χ3v) is 6.88. The molecule has 36 heavy (non-hydrogen) atoms. The number of rotatable bonds is 8. The number of aliphatic carboxylic acids is 1. The second kappa shape index (κ2) is 11.2. The maximum absolute atomic E-state index is 13.1. The third kappa shape index (κ3) is 7.24. The number of piperidine rings is 1. The number of hydrogen-bond donors (Lipinski definition) is 1. The maximum Gasteiger partial charge on any atom is 0.416 e. The minimum absolute atomic E-state index is 0.0398. The van der Waals surface area contributed by atoms with Crippen molar-refractivity contribution in [1.29, 1.82) is 0 Å². The molecule has 1 fully saturated rings. The molecule has 0 bridgehead atoms. The van der Waals surface area contributed by atoms with Crippen molar-refractivity contribution in [3.63, 3.8) is 0 Å². The number of carboxylic acid groups (broad SMARTS) is 1. The van der Waals surface area contributed by atoms with E-state index in [1.165, 1.54) is 24.3 Å². The van der Waals surface area contributed by atoms with Crippen LogP contribution in [0.3, 0.4) is 0 Å². The lowest BCUT2D eigenvalue weighted by atomic mass is 9.82. The number of halogens is 6. The van der Waals surface area contributed by atoms with Gasteiger partial charge >= 0.3 is 18.3 Å². The molecule has 9 heteroatoms. The van der Waals surface area contributed by atoms with E-state index in [2.05, 4.69) is 18.7 Å². The SMILES string of the molecule is CC(C)CCC(c1ccc(C(F)(F)F)cc1)N1CCC(CC(=O)O)CC1c1ccc(C(F)(F)F)cc1. The Kier molecular flexibility index (Phi) is 8.75. The lowest BCUT2D eigenvalue weighted by molar-refractivity contribution is -0.139. The van der Waals surface area contributed by atoms with Crippen molar-refractivity contribution in [2.24, 2.45) is 11.8 Å². The molecule has 0 aromatic heterocycles. The van der Waals surface area contributed by atoms with Gasteiger partial charge in [0.05, 0.1) is 11.1 Å². The highest BCUT2D eigenvalue weighted by Crippen LogP contribution is 2.43. The molecule has 0 saturated carbocycles. The summed E-state index contributed by atoms with van der Waals surface area (Å²) in [5, 5.41) is 9.31. The van der Waals surface area contributed by atoms with Crippen molar-refractivity contribution in [3.8, 4) is 0 Å². The number of alkyl halides is 6. The molecule has 198 valence electrons. The Morgan fingerprint density at radius 3 is 1.92 bits per heavy atom. The number of hydrogen-bond acceptors (Lipinski definition) is 2. The summed E-state index contributed by atoms with van der Waals surface area (Å²) < 4.78 is 78.8. The fourth-order valence-electron chi connectivity index (χ4n) is 4.99. The fourth-order valence-corrected chi connectivity index (χ4v) is 4.99. The molecule has 1 aliphatic heterocycles. The van der Waals surface area contributed by atoms with Gasteiger partial charge in [0, 0.05) is 18.5 Å². The van der Waals surface area contributed by atoms with Crippen molar-refractivity contribution >= 4 is 5.97 Å². The molecular weight excluding hydrogens is 484 g/mol. The van der Waals surface area contributed by atoms with Crippen LogP contribution < -0.4 is 0 Å². The van der Waals surface area contributed by atoms with Crippen molar-refractivity contribution in [3.05, 3.63) is 70.8 Å². The van der Waals surface area contributed by atoms with Crippen LogP contribution in [0, 0.1) is 11.8 Å². The van der Waals surface area contributed by atoms with Gasteiger partial charge in [-0.15, -0.1) is 0 Å². The fraction of sp³-hybridized carbons (Fsp3) is 0.519. The Labute approximate surface area is 207 Å². The average molecular weight is 516 g/mol. The molecule has 0 amide bonds. The largest absolute Gasteiger partial charge is 0.481 e. The highest BCUT2D eigenvalue weighted by molar-refractivity contribution is 5.67. The van der Waals surface area contributed by atoms with E-state index >= 15 is 0 Å². The van der Waals surface area contributed by atoms with Crippen LogP contribution in [0.25, 0.3) is 0 Å². The van der Waals surface area contributed by atoms with Crippen molar-refractivity contribution in [2.75, 3.05) is 6.54 Å². The van der Waals surface area contributed by atoms with Crippen molar-refractivity contribution in [2.45, 2.75) is 70.4 Å². The van der Waals surface area contributed by atoms with E-state index in [-0.39, 0.29) is 24.4 Å². The first-order chi connectivity index (χ1) is 16.8. The molecule has 2 aromatic carbocycles. The van der Waals surface area contributed by atoms with E-state index in [0.29, 0.717) is 42.9 Å². The molecule has 1 saturated heterocycles. The molecule has 3 rings (SSSR count). The van der Waals surface area contributed by atoms with Gasteiger partial charge in [-0.25, -0.2) is 0 Å². The van der Waals surface area contributed by atoms with Gasteiger partial charge in [0.2, 0.25) is 0 Å². The van der Waals surface area contributed by atoms with E-state index in [4.69, 9.17) is 0 Å². The molecule has 3 atom stereocenters. The Hall–Kier alpha value is -2.55. The first-order valence-electron chi connectivity index (χ1n) is 12.1. The predicted octanol–water partition coefficient (Wildman–Crippen LogP) is 8.13. The Bertz CT molecular complexity index is 999. The van der Waals surface area contributed by atoms with E-state index in [1.54, 1.807) is 0 Å². The van der Waals surface area contributed by atoms with Crippen LogP contribution in [0.2, 0.25) is 0 Å². The minimum Gasteiger partial charge on any atom is -0.481 e. The minimum atomic E-state index is -4.48. The van der Waals surface area contributed by atoms with Gasteiger partial charge in [0.15, 0.2) is 0 Å². The quantitative estimate of drug-likeness (QED) is 0.361. The van der Waals surface area contributed by atoms with Gasteiger partial charge in [0.25, 0.3) is 0 Å². The Morgan fingerprint density at radius 1 is 0.917 bits per heavy atom. The third-order valence-electron chi connectivity index (χ3n) is 6.88. The lowest BCUT2D eigenvalue weighted by Gasteiger charge is -2.44. The summed E-state index contributed by atoms with van der Waals surface area (Å²) in [6.45, 7) is 4.60. The lowest BCUT2D eigenvalue weighted by Crippen LogP contribution is -2.40. The smallest absolute Gasteiger partial charge is 0.416 e. The number of carboxylic acids is 1. The first kappa shape index (κ1) is 28.0. The topological polar surface area (TPSA) is 40.5 Å². The predicted molar refractivity (Wildman–Crippen MR) is 124 cm³/mol. The van der Waals surface area contributed by atoms with Crippen LogP contribution in [0.4, 0.5) is 26.3 Å². The van der Waals surface area contributed by atoms with Gasteiger partial charge in [-0.2, -0.15) is 26.3 Å². The van der Waals surface area contributed by atoms with Crippen molar-refractivity contribution in [1.82, 2.24) is 4.90 Å². The van der Waals surface area contributed by atoms with Crippen LogP contribution in [-0.2, 0) is 17.1 Å². The summed E-state index contributed by atoms with van der Waals surface area (Å²) in [6.07, 6.45) is -6.48. The second-order valence-electron chi connectivity index (χ2n) is 9.97. The normalized spacial score (nSPS) is 20.5. The van der Waals surface area contributed by atoms with Crippen LogP contribution in [0.15, 0.2) is 48.5 Å². The van der Waals surface area contributed by atoms with E-state index in [1.807, 2.05) is 0 Å². The average Bonchev–Trinajstić information content (AvgIpc) is 2.78. The summed E-state index contributed by atoms with van der Waals surface area (Å²) in [5.41, 5.74) is -0.167. The van der Waals surface area contributed by atoms with Crippen molar-refractivity contribution < 1.29 is 36.2 Å². The van der Waals surface area contributed by atoms with Gasteiger partial charge in [-0.05, 0) is 79.5 Å². The van der Waals surface area contributed by atoms with Crippen LogP contribution >= 0.6 is 0 Å². The molecular formula is C27H31F6NO2. The zero-order chi connectivity index (χ0) is 26.7. The molecule has 0 radical (unpaired) electrons. The molecule has 3 nitrogen and oxygen atoms in total. The molecule has 0 aliphatic carbocycles. The molecule has 2 aromatic rings. The zero-order valence-electron chi connectivity index (χ0n) is 20.2. The summed E-state index contributed by atoms with van der Waals surface area (Å²) in [4.78, 5) is 13.5. The van der Waals surface area contributed by atoms with Crippen LogP contribution in [0.5, 0.6) is 0 Å². The second-order valence-corrected chi connectivity index (χ2v) is 9.97. The Morgan fingerprint density at radius 2 is 1.44 bits per heavy atom. The van der Waals surface area contributed by atoms with Gasteiger partial charge in [-0.3, -0.25) is 9.69 Å². The summed E-state index contributed by atoms with van der Waals surface area (Å²) in [5.74, 6) is -0.737. The number of benzene rings is 2. The molecule has 1 aliphatic rings. The molecule has 1 N–H and O–H groups in total. The summed E-state index contributed by atoms with van der Waals surface area (Å²) in [7, 11) is 0. The highest BCUT2D eigenvalue weighted by atomic mass is 19.4. The van der Waals surface area contributed by atoms with E-state index < -0.39 is 29.4 Å². The summed E-state index contributed by atoms with van der Waals surface area (Å²) >= 11 is 0. The maximum atomic E-state index is 13.1. The zero-order valence-corrected chi connectivity index (χ0v) is 20.2. The van der Waals surface area contributed by atoms with E-state index in [9.17, 15) is 36.2 Å². The summed E-state index contributed by atoms with van der Waals surface area (Å²) in [6, 6.07) is 9.35. The van der Waals surface area contributed by atoms with Gasteiger partial charge < -0.3 is 5.11 Å². The number of nitrogens with zero attached hydrogens (tertiary/aromatic N) is 1. The van der Waals surface area contributed by atoms with Crippen LogP contribution in [0.1, 0.15) is 80.3 Å². The standard InChI is InChI=1S/C27H31F6NO2/c1-17(2)3-12-23(19-4-8-21(9-5-19)26(28,29)30)34-14-13-18(16-25(35)36)15-24(34)20-6-10-22(11-7-20)27(31,32)33/h4-11,17-18,23-24H,3,12-16H2,1-2H3,(H,35,36). The number of carbonyl (C=O) groups is 1. The molecule has 3 unspecified atom stereocenters. The molecule has 1 heterocycles. The van der Waals surface area contributed by atoms with Gasteiger partial charge in [0.1, 0.15) is 0 Å². The monoisotopic (exact) mass is 515 g/mol. The number of likely N-dealkylation sites (tertiary alicyclic amines) is 1. The van der Waals surface area contributed by atoms with Gasteiger partial charge in [-0.1, -0.05) is 38.1 Å². The van der Waals surface area contributed by atoms with E-state index in [0.717, 1.165) is 30.7 Å². The molecule has 0 spiro atoms. The first-order valence-corrected chi connectivity index (χ1v) is 12.1. The highest BCUT2D eigenvalue weighted by Gasteiger charge is 2.37. The van der Waals surface area contributed by atoms with Crippen LogP contribution in [-0.4, -0.2) is 22.5 Å².